The molecule has 0 aromatic heterocycles. The number of rotatable bonds is 1. The highest BCUT2D eigenvalue weighted by molar-refractivity contribution is 9.10. The number of hydrogen-bond donors (Lipinski definition) is 1. The van der Waals surface area contributed by atoms with Crippen molar-refractivity contribution in [2.75, 3.05) is 18.0 Å². The van der Waals surface area contributed by atoms with Gasteiger partial charge in [0, 0.05) is 28.7 Å². The van der Waals surface area contributed by atoms with Gasteiger partial charge in [0.05, 0.1) is 5.41 Å². The van der Waals surface area contributed by atoms with Crippen LogP contribution in [-0.4, -0.2) is 25.0 Å². The number of hydrogen-bond acceptors (Lipinski definition) is 2. The van der Waals surface area contributed by atoms with Crippen molar-refractivity contribution in [2.45, 2.75) is 26.3 Å². The third-order valence-corrected chi connectivity index (χ3v) is 5.11. The first-order chi connectivity index (χ1) is 9.01. The normalized spacial score (nSPS) is 29.4. The quantitative estimate of drug-likeness (QED) is 0.862. The van der Waals surface area contributed by atoms with Crippen LogP contribution in [-0.2, 0) is 4.79 Å². The summed E-state index contributed by atoms with van der Waals surface area (Å²) in [6, 6.07) is 8.41. The van der Waals surface area contributed by atoms with Gasteiger partial charge in [-0.15, -0.1) is 0 Å². The molecular formula is C15H19BrN2O. The van der Waals surface area contributed by atoms with Crippen LogP contribution in [0.2, 0.25) is 0 Å². The maximum Gasteiger partial charge on any atom is 0.233 e. The Bertz CT molecular complexity index is 497. The molecule has 102 valence electrons. The Kier molecular flexibility index (Phi) is 3.18. The van der Waals surface area contributed by atoms with E-state index in [9.17, 15) is 4.79 Å². The molecule has 2 aliphatic rings. The van der Waals surface area contributed by atoms with Gasteiger partial charge in [-0.05, 0) is 37.2 Å². The lowest BCUT2D eigenvalue weighted by molar-refractivity contribution is -0.125. The van der Waals surface area contributed by atoms with Gasteiger partial charge in [0.25, 0.3) is 0 Å². The van der Waals surface area contributed by atoms with Crippen LogP contribution in [0.1, 0.15) is 20.3 Å². The molecule has 0 radical (unpaired) electrons. The minimum Gasteiger partial charge on any atom is -0.316 e. The van der Waals surface area contributed by atoms with Gasteiger partial charge in [0.1, 0.15) is 0 Å². The second-order valence-electron chi connectivity index (χ2n) is 6.04. The topological polar surface area (TPSA) is 32.3 Å². The molecule has 2 atom stereocenters. The number of carbonyl (C=O) groups is 1. The van der Waals surface area contributed by atoms with Gasteiger partial charge in [-0.3, -0.25) is 4.79 Å². The van der Waals surface area contributed by atoms with Crippen molar-refractivity contribution in [3.05, 3.63) is 28.7 Å². The summed E-state index contributed by atoms with van der Waals surface area (Å²) in [5.41, 5.74) is 0.751. The summed E-state index contributed by atoms with van der Waals surface area (Å²) >= 11 is 3.45. The van der Waals surface area contributed by atoms with E-state index >= 15 is 0 Å². The Hall–Kier alpha value is -0.870. The predicted molar refractivity (Wildman–Crippen MR) is 80.2 cm³/mol. The zero-order valence-electron chi connectivity index (χ0n) is 11.3. The molecule has 2 heterocycles. The van der Waals surface area contributed by atoms with Gasteiger partial charge in [-0.1, -0.05) is 29.8 Å². The minimum atomic E-state index is -0.273. The highest BCUT2D eigenvalue weighted by Crippen LogP contribution is 2.45. The van der Waals surface area contributed by atoms with E-state index in [1.165, 1.54) is 0 Å². The Labute approximate surface area is 122 Å². The minimum absolute atomic E-state index is 0.258. The van der Waals surface area contributed by atoms with Crippen molar-refractivity contribution in [1.29, 1.82) is 0 Å². The largest absolute Gasteiger partial charge is 0.316 e. The van der Waals surface area contributed by atoms with E-state index in [0.29, 0.717) is 12.0 Å². The summed E-state index contributed by atoms with van der Waals surface area (Å²) in [7, 11) is 0. The van der Waals surface area contributed by atoms with Crippen LogP contribution in [0.25, 0.3) is 0 Å². The number of halogens is 1. The van der Waals surface area contributed by atoms with Crippen molar-refractivity contribution < 1.29 is 4.79 Å². The van der Waals surface area contributed by atoms with Crippen molar-refractivity contribution >= 4 is 27.5 Å². The van der Waals surface area contributed by atoms with Gasteiger partial charge < -0.3 is 10.2 Å². The molecule has 0 bridgehead atoms. The van der Waals surface area contributed by atoms with Crippen LogP contribution in [0.3, 0.4) is 0 Å². The molecular weight excluding hydrogens is 304 g/mol. The highest BCUT2D eigenvalue weighted by atomic mass is 79.9. The van der Waals surface area contributed by atoms with Gasteiger partial charge >= 0.3 is 0 Å². The number of nitrogens with zero attached hydrogens (tertiary/aromatic N) is 1. The molecule has 2 saturated heterocycles. The molecule has 3 nitrogen and oxygen atoms in total. The van der Waals surface area contributed by atoms with Gasteiger partial charge in [0.15, 0.2) is 0 Å². The van der Waals surface area contributed by atoms with Crippen molar-refractivity contribution in [1.82, 2.24) is 5.32 Å². The summed E-state index contributed by atoms with van der Waals surface area (Å²) in [5.74, 6) is 0.658. The Morgan fingerprint density at radius 2 is 2.00 bits per heavy atom. The number of nitrogens with one attached hydrogen (secondary N) is 1. The molecule has 0 spiro atoms. The summed E-state index contributed by atoms with van der Waals surface area (Å²) in [5, 5.41) is 3.43. The fraction of sp³-hybridized carbons (Fsp3) is 0.533. The fourth-order valence-corrected chi connectivity index (χ4v) is 3.68. The van der Waals surface area contributed by atoms with Gasteiger partial charge in [0.2, 0.25) is 5.91 Å². The van der Waals surface area contributed by atoms with E-state index < -0.39 is 0 Å². The van der Waals surface area contributed by atoms with Gasteiger partial charge in [-0.25, -0.2) is 0 Å². The second kappa shape index (κ2) is 4.60. The number of carbonyl (C=O) groups excluding carboxylic acids is 1. The first-order valence-corrected chi connectivity index (χ1v) is 7.61. The van der Waals surface area contributed by atoms with E-state index in [1.54, 1.807) is 0 Å². The standard InChI is InChI=1S/C15H19BrN2O/c1-15(2)12-9-17-8-7-13(12)18(14(15)19)11-5-3-10(16)4-6-11/h3-6,12-13,17H,7-9H2,1-2H3. The number of fused-ring (bicyclic) bond motifs is 1. The first kappa shape index (κ1) is 13.1. The Morgan fingerprint density at radius 3 is 2.68 bits per heavy atom. The van der Waals surface area contributed by atoms with E-state index in [1.807, 2.05) is 29.2 Å². The van der Waals surface area contributed by atoms with Crippen LogP contribution < -0.4 is 10.2 Å². The molecule has 1 aromatic rings. The zero-order chi connectivity index (χ0) is 13.6. The maximum atomic E-state index is 12.8. The van der Waals surface area contributed by atoms with E-state index in [2.05, 4.69) is 35.1 Å². The highest BCUT2D eigenvalue weighted by Gasteiger charge is 2.54. The second-order valence-corrected chi connectivity index (χ2v) is 6.96. The summed E-state index contributed by atoms with van der Waals surface area (Å²) in [4.78, 5) is 14.8. The lowest BCUT2D eigenvalue weighted by Gasteiger charge is -2.34. The van der Waals surface area contributed by atoms with E-state index in [0.717, 1.165) is 29.7 Å². The third-order valence-electron chi connectivity index (χ3n) is 4.58. The van der Waals surface area contributed by atoms with Gasteiger partial charge in [-0.2, -0.15) is 0 Å². The fourth-order valence-electron chi connectivity index (χ4n) is 3.42. The molecule has 1 aromatic carbocycles. The monoisotopic (exact) mass is 322 g/mol. The molecule has 2 aliphatic heterocycles. The molecule has 2 unspecified atom stereocenters. The van der Waals surface area contributed by atoms with Crippen LogP contribution >= 0.6 is 15.9 Å². The third kappa shape index (κ3) is 2.01. The van der Waals surface area contributed by atoms with Crippen molar-refractivity contribution in [2.24, 2.45) is 11.3 Å². The average Bonchev–Trinajstić information content (AvgIpc) is 2.60. The lowest BCUT2D eigenvalue weighted by Crippen LogP contribution is -2.45. The number of benzene rings is 1. The number of piperidine rings is 1. The molecule has 0 saturated carbocycles. The zero-order valence-corrected chi connectivity index (χ0v) is 12.9. The Balaban J connectivity index is 2.00. The average molecular weight is 323 g/mol. The molecule has 4 heteroatoms. The molecule has 3 rings (SSSR count). The summed E-state index contributed by atoms with van der Waals surface area (Å²) in [6.45, 7) is 6.10. The molecule has 19 heavy (non-hydrogen) atoms. The van der Waals surface area contributed by atoms with E-state index in [4.69, 9.17) is 0 Å². The van der Waals surface area contributed by atoms with Crippen molar-refractivity contribution in [3.8, 4) is 0 Å². The first-order valence-electron chi connectivity index (χ1n) is 6.82. The SMILES string of the molecule is CC1(C)C(=O)N(c2ccc(Br)cc2)C2CCNCC21. The molecule has 2 fully saturated rings. The predicted octanol–water partition coefficient (Wildman–Crippen LogP) is 2.80. The van der Waals surface area contributed by atoms with Crippen molar-refractivity contribution in [3.63, 3.8) is 0 Å². The molecule has 1 N–H and O–H groups in total. The smallest absolute Gasteiger partial charge is 0.233 e. The summed E-state index contributed by atoms with van der Waals surface area (Å²) in [6.07, 6.45) is 1.04. The number of anilines is 1. The van der Waals surface area contributed by atoms with Crippen LogP contribution in [0.5, 0.6) is 0 Å². The van der Waals surface area contributed by atoms with E-state index in [-0.39, 0.29) is 11.3 Å². The Morgan fingerprint density at radius 1 is 1.32 bits per heavy atom. The molecule has 0 aliphatic carbocycles. The van der Waals surface area contributed by atoms with Crippen LogP contribution in [0.15, 0.2) is 28.7 Å². The lowest BCUT2D eigenvalue weighted by atomic mass is 9.76. The molecule has 1 amide bonds. The maximum absolute atomic E-state index is 12.8. The van der Waals surface area contributed by atoms with Crippen LogP contribution in [0.4, 0.5) is 5.69 Å². The number of amides is 1. The van der Waals surface area contributed by atoms with Crippen LogP contribution in [0, 0.1) is 11.3 Å². The summed E-state index contributed by atoms with van der Waals surface area (Å²) < 4.78 is 1.05.